The summed E-state index contributed by atoms with van der Waals surface area (Å²) in [6.45, 7) is 0.698. The predicted octanol–water partition coefficient (Wildman–Crippen LogP) is 4.01. The summed E-state index contributed by atoms with van der Waals surface area (Å²) in [6.07, 6.45) is 2.44. The maximum atomic E-state index is 12.5. The van der Waals surface area contributed by atoms with E-state index in [0.29, 0.717) is 23.6 Å². The average molecular weight is 377 g/mol. The summed E-state index contributed by atoms with van der Waals surface area (Å²) in [5.74, 6) is 2.05. The highest BCUT2D eigenvalue weighted by atomic mass is 16.5. The lowest BCUT2D eigenvalue weighted by molar-refractivity contribution is 0.102. The molecule has 0 unspecified atom stereocenters. The fourth-order valence-electron chi connectivity index (χ4n) is 2.71. The number of hydrogen-bond acceptors (Lipinski definition) is 5. The molecule has 0 saturated carbocycles. The van der Waals surface area contributed by atoms with Gasteiger partial charge < -0.3 is 20.1 Å². The van der Waals surface area contributed by atoms with E-state index in [1.807, 2.05) is 18.2 Å². The van der Waals surface area contributed by atoms with Gasteiger partial charge in [-0.3, -0.25) is 4.79 Å². The number of rotatable bonds is 8. The molecule has 6 nitrogen and oxygen atoms in total. The van der Waals surface area contributed by atoms with Crippen LogP contribution in [0.25, 0.3) is 0 Å². The van der Waals surface area contributed by atoms with Crippen LogP contribution >= 0.6 is 0 Å². The Morgan fingerprint density at radius 2 is 1.75 bits per heavy atom. The Morgan fingerprint density at radius 1 is 0.964 bits per heavy atom. The number of anilines is 2. The molecule has 3 aromatic rings. The largest absolute Gasteiger partial charge is 0.497 e. The van der Waals surface area contributed by atoms with Crippen molar-refractivity contribution in [1.82, 2.24) is 4.98 Å². The average Bonchev–Trinajstić information content (AvgIpc) is 2.74. The van der Waals surface area contributed by atoms with Crippen LogP contribution < -0.4 is 20.1 Å². The molecule has 1 aromatic heterocycles. The van der Waals surface area contributed by atoms with E-state index in [0.717, 1.165) is 17.9 Å². The van der Waals surface area contributed by atoms with E-state index in [4.69, 9.17) is 9.47 Å². The third kappa shape index (κ3) is 5.23. The molecule has 2 aromatic carbocycles. The number of pyridine rings is 1. The fraction of sp³-hybridized carbons (Fsp3) is 0.182. The lowest BCUT2D eigenvalue weighted by atomic mass is 10.1. The van der Waals surface area contributed by atoms with Crippen molar-refractivity contribution in [3.8, 4) is 11.5 Å². The van der Waals surface area contributed by atoms with Gasteiger partial charge in [0.15, 0.2) is 0 Å². The van der Waals surface area contributed by atoms with Gasteiger partial charge in [0.05, 0.1) is 14.2 Å². The molecular formula is C22H23N3O3. The van der Waals surface area contributed by atoms with Crippen LogP contribution in [-0.4, -0.2) is 31.7 Å². The Balaban J connectivity index is 1.57. The standard InChI is InChI=1S/C22H23N3O3/c1-27-19-8-6-18(7-9-19)25-22(26)17-11-13-24-21(15-17)23-12-10-16-4-3-5-20(14-16)28-2/h3-9,11,13-15H,10,12H2,1-2H3,(H,23,24)(H,25,26). The van der Waals surface area contributed by atoms with Gasteiger partial charge in [0.25, 0.3) is 5.91 Å². The fourth-order valence-corrected chi connectivity index (χ4v) is 2.71. The van der Waals surface area contributed by atoms with Crippen LogP contribution in [0.4, 0.5) is 11.5 Å². The van der Waals surface area contributed by atoms with E-state index >= 15 is 0 Å². The number of amides is 1. The lowest BCUT2D eigenvalue weighted by Gasteiger charge is -2.09. The van der Waals surface area contributed by atoms with Crippen molar-refractivity contribution in [2.24, 2.45) is 0 Å². The molecule has 0 fully saturated rings. The smallest absolute Gasteiger partial charge is 0.255 e. The summed E-state index contributed by atoms with van der Waals surface area (Å²) in [4.78, 5) is 16.8. The second kappa shape index (κ2) is 9.41. The van der Waals surface area contributed by atoms with Gasteiger partial charge in [-0.2, -0.15) is 0 Å². The van der Waals surface area contributed by atoms with Crippen LogP contribution in [0.2, 0.25) is 0 Å². The van der Waals surface area contributed by atoms with Gasteiger partial charge in [0.2, 0.25) is 0 Å². The second-order valence-electron chi connectivity index (χ2n) is 6.14. The topological polar surface area (TPSA) is 72.5 Å². The summed E-state index contributed by atoms with van der Waals surface area (Å²) in [6, 6.07) is 18.6. The molecule has 0 saturated heterocycles. The molecule has 3 rings (SSSR count). The number of ether oxygens (including phenoxy) is 2. The number of nitrogens with zero attached hydrogens (tertiary/aromatic N) is 1. The number of nitrogens with one attached hydrogen (secondary N) is 2. The van der Waals surface area contributed by atoms with E-state index < -0.39 is 0 Å². The third-order valence-electron chi connectivity index (χ3n) is 4.22. The van der Waals surface area contributed by atoms with Gasteiger partial charge in [-0.25, -0.2) is 4.98 Å². The zero-order valence-electron chi connectivity index (χ0n) is 15.9. The SMILES string of the molecule is COc1ccc(NC(=O)c2ccnc(NCCc3cccc(OC)c3)c2)cc1. The molecule has 0 atom stereocenters. The van der Waals surface area contributed by atoms with Crippen molar-refractivity contribution in [1.29, 1.82) is 0 Å². The van der Waals surface area contributed by atoms with Crippen molar-refractivity contribution < 1.29 is 14.3 Å². The Hall–Kier alpha value is -3.54. The molecule has 28 heavy (non-hydrogen) atoms. The van der Waals surface area contributed by atoms with Crippen molar-refractivity contribution in [3.63, 3.8) is 0 Å². The van der Waals surface area contributed by atoms with Gasteiger partial charge in [-0.05, 0) is 60.5 Å². The summed E-state index contributed by atoms with van der Waals surface area (Å²) in [5.41, 5.74) is 2.41. The van der Waals surface area contributed by atoms with Crippen LogP contribution in [0.1, 0.15) is 15.9 Å². The molecule has 1 amide bonds. The van der Waals surface area contributed by atoms with E-state index in [1.54, 1.807) is 56.8 Å². The minimum atomic E-state index is -0.191. The predicted molar refractivity (Wildman–Crippen MR) is 110 cm³/mol. The Bertz CT molecular complexity index is 926. The number of carbonyl (C=O) groups is 1. The molecule has 0 radical (unpaired) electrons. The lowest BCUT2D eigenvalue weighted by Crippen LogP contribution is -2.13. The normalized spacial score (nSPS) is 10.2. The minimum absolute atomic E-state index is 0.191. The first-order chi connectivity index (χ1) is 13.7. The van der Waals surface area contributed by atoms with Crippen LogP contribution in [0.15, 0.2) is 66.9 Å². The van der Waals surface area contributed by atoms with E-state index in [9.17, 15) is 4.79 Å². The van der Waals surface area contributed by atoms with E-state index in [1.165, 1.54) is 5.56 Å². The molecule has 2 N–H and O–H groups in total. The maximum absolute atomic E-state index is 12.5. The van der Waals surface area contributed by atoms with Gasteiger partial charge in [-0.1, -0.05) is 12.1 Å². The van der Waals surface area contributed by atoms with Gasteiger partial charge in [0, 0.05) is 24.0 Å². The highest BCUT2D eigenvalue weighted by Crippen LogP contribution is 2.17. The van der Waals surface area contributed by atoms with Crippen molar-refractivity contribution >= 4 is 17.4 Å². The number of benzene rings is 2. The van der Waals surface area contributed by atoms with Crippen molar-refractivity contribution in [2.75, 3.05) is 31.4 Å². The number of hydrogen-bond donors (Lipinski definition) is 2. The van der Waals surface area contributed by atoms with E-state index in [2.05, 4.69) is 21.7 Å². The van der Waals surface area contributed by atoms with Gasteiger partial charge >= 0.3 is 0 Å². The van der Waals surface area contributed by atoms with Crippen LogP contribution in [0.5, 0.6) is 11.5 Å². The summed E-state index contributed by atoms with van der Waals surface area (Å²) in [7, 11) is 3.26. The summed E-state index contributed by atoms with van der Waals surface area (Å²) >= 11 is 0. The van der Waals surface area contributed by atoms with E-state index in [-0.39, 0.29) is 5.91 Å². The van der Waals surface area contributed by atoms with Crippen molar-refractivity contribution in [2.45, 2.75) is 6.42 Å². The first kappa shape index (κ1) is 19.2. The van der Waals surface area contributed by atoms with Crippen LogP contribution in [-0.2, 0) is 6.42 Å². The third-order valence-corrected chi connectivity index (χ3v) is 4.22. The summed E-state index contributed by atoms with van der Waals surface area (Å²) < 4.78 is 10.4. The van der Waals surface area contributed by atoms with Gasteiger partial charge in [-0.15, -0.1) is 0 Å². The molecular weight excluding hydrogens is 354 g/mol. The first-order valence-electron chi connectivity index (χ1n) is 8.96. The monoisotopic (exact) mass is 377 g/mol. The molecule has 0 bridgehead atoms. The van der Waals surface area contributed by atoms with Crippen LogP contribution in [0.3, 0.4) is 0 Å². The molecule has 0 aliphatic carbocycles. The molecule has 6 heteroatoms. The number of methoxy groups -OCH3 is 2. The Kier molecular flexibility index (Phi) is 6.46. The highest BCUT2D eigenvalue weighted by Gasteiger charge is 2.08. The molecule has 144 valence electrons. The highest BCUT2D eigenvalue weighted by molar-refractivity contribution is 6.04. The van der Waals surface area contributed by atoms with Gasteiger partial charge in [0.1, 0.15) is 17.3 Å². The number of aromatic nitrogens is 1. The molecule has 0 aliphatic heterocycles. The zero-order chi connectivity index (χ0) is 19.8. The molecule has 1 heterocycles. The summed E-state index contributed by atoms with van der Waals surface area (Å²) in [5, 5.41) is 6.12. The van der Waals surface area contributed by atoms with Crippen LogP contribution in [0, 0.1) is 0 Å². The number of carbonyl (C=O) groups excluding carboxylic acids is 1. The minimum Gasteiger partial charge on any atom is -0.497 e. The zero-order valence-corrected chi connectivity index (χ0v) is 15.9. The Labute approximate surface area is 164 Å². The van der Waals surface area contributed by atoms with Crippen molar-refractivity contribution in [3.05, 3.63) is 78.0 Å². The molecule has 0 spiro atoms. The quantitative estimate of drug-likeness (QED) is 0.621. The molecule has 0 aliphatic rings. The second-order valence-corrected chi connectivity index (χ2v) is 6.14. The first-order valence-corrected chi connectivity index (χ1v) is 8.96. The Morgan fingerprint density at radius 3 is 2.50 bits per heavy atom. The maximum Gasteiger partial charge on any atom is 0.255 e.